The zero-order valence-electron chi connectivity index (χ0n) is 11.4. The average Bonchev–Trinajstić information content (AvgIpc) is 2.93. The van der Waals surface area contributed by atoms with Crippen molar-refractivity contribution in [1.29, 1.82) is 5.26 Å². The van der Waals surface area contributed by atoms with Crippen molar-refractivity contribution < 1.29 is 9.13 Å². The average molecular weight is 262 g/mol. The Bertz CT molecular complexity index is 478. The summed E-state index contributed by atoms with van der Waals surface area (Å²) in [5, 5.41) is 9.38. The molecule has 1 fully saturated rings. The van der Waals surface area contributed by atoms with Gasteiger partial charge in [0, 0.05) is 5.92 Å². The molecule has 0 saturated carbocycles. The van der Waals surface area contributed by atoms with Gasteiger partial charge < -0.3 is 4.74 Å². The van der Waals surface area contributed by atoms with Crippen LogP contribution < -0.4 is 4.74 Å². The topological polar surface area (TPSA) is 36.3 Å². The summed E-state index contributed by atoms with van der Waals surface area (Å²) in [7, 11) is 1.45. The fourth-order valence-electron chi connectivity index (χ4n) is 2.68. The maximum Gasteiger partial charge on any atom is 0.165 e. The summed E-state index contributed by atoms with van der Waals surface area (Å²) in [6.45, 7) is 3.90. The van der Waals surface area contributed by atoms with E-state index in [0.29, 0.717) is 0 Å². The van der Waals surface area contributed by atoms with E-state index in [1.807, 2.05) is 13.0 Å². The van der Waals surface area contributed by atoms with Gasteiger partial charge in [0.2, 0.25) is 0 Å². The molecule has 1 saturated heterocycles. The van der Waals surface area contributed by atoms with Crippen LogP contribution in [0, 0.1) is 17.1 Å². The number of ether oxygens (including phenoxy) is 1. The van der Waals surface area contributed by atoms with Crippen molar-refractivity contribution in [3.05, 3.63) is 29.6 Å². The van der Waals surface area contributed by atoms with Gasteiger partial charge in [-0.15, -0.1) is 0 Å². The highest BCUT2D eigenvalue weighted by molar-refractivity contribution is 5.32. The first kappa shape index (κ1) is 13.8. The third-order valence-electron chi connectivity index (χ3n) is 3.84. The predicted octanol–water partition coefficient (Wildman–Crippen LogP) is 2.93. The second kappa shape index (κ2) is 6.03. The maximum absolute atomic E-state index is 13.7. The van der Waals surface area contributed by atoms with E-state index in [2.05, 4.69) is 11.0 Å². The number of halogens is 1. The van der Waals surface area contributed by atoms with Gasteiger partial charge in [0.15, 0.2) is 11.6 Å². The second-order valence-electron chi connectivity index (χ2n) is 5.00. The number of hydrogen-bond acceptors (Lipinski definition) is 3. The van der Waals surface area contributed by atoms with Crippen LogP contribution in [0.25, 0.3) is 0 Å². The smallest absolute Gasteiger partial charge is 0.165 e. The van der Waals surface area contributed by atoms with E-state index in [4.69, 9.17) is 4.74 Å². The minimum absolute atomic E-state index is 0.0106. The normalized spacial score (nSPS) is 18.8. The van der Waals surface area contributed by atoms with Crippen molar-refractivity contribution in [1.82, 2.24) is 4.90 Å². The highest BCUT2D eigenvalue weighted by Crippen LogP contribution is 2.28. The number of nitrogens with zero attached hydrogens (tertiary/aromatic N) is 2. The molecule has 1 heterocycles. The standard InChI is InChI=1S/C15H19FN2O/c1-11(14(10-17)18-7-3-4-8-18)12-5-6-15(19-2)13(16)9-12/h5-6,9,11,14H,3-4,7-8H2,1-2H3. The van der Waals surface area contributed by atoms with E-state index >= 15 is 0 Å². The molecule has 0 spiro atoms. The number of hydrogen-bond donors (Lipinski definition) is 0. The highest BCUT2D eigenvalue weighted by atomic mass is 19.1. The molecule has 2 rings (SSSR count). The summed E-state index contributed by atoms with van der Waals surface area (Å²) < 4.78 is 18.6. The lowest BCUT2D eigenvalue weighted by atomic mass is 9.93. The number of likely N-dealkylation sites (tertiary alicyclic amines) is 1. The van der Waals surface area contributed by atoms with Crippen LogP contribution in [-0.2, 0) is 0 Å². The highest BCUT2D eigenvalue weighted by Gasteiger charge is 2.28. The first-order chi connectivity index (χ1) is 9.17. The van der Waals surface area contributed by atoms with Crippen LogP contribution in [0.4, 0.5) is 4.39 Å². The minimum Gasteiger partial charge on any atom is -0.494 e. The van der Waals surface area contributed by atoms with E-state index < -0.39 is 0 Å². The Hall–Kier alpha value is -1.60. The lowest BCUT2D eigenvalue weighted by Crippen LogP contribution is -2.35. The molecule has 1 aliphatic heterocycles. The van der Waals surface area contributed by atoms with E-state index in [1.165, 1.54) is 13.2 Å². The van der Waals surface area contributed by atoms with Crippen LogP contribution in [0.5, 0.6) is 5.75 Å². The molecule has 102 valence electrons. The Balaban J connectivity index is 2.19. The molecule has 0 radical (unpaired) electrons. The van der Waals surface area contributed by atoms with Gasteiger partial charge in [-0.25, -0.2) is 4.39 Å². The van der Waals surface area contributed by atoms with Gasteiger partial charge in [-0.2, -0.15) is 5.26 Å². The number of benzene rings is 1. The Kier molecular flexibility index (Phi) is 4.39. The molecule has 0 amide bonds. The fraction of sp³-hybridized carbons (Fsp3) is 0.533. The molecule has 0 bridgehead atoms. The molecule has 0 aromatic heterocycles. The van der Waals surface area contributed by atoms with Crippen LogP contribution in [0.1, 0.15) is 31.2 Å². The number of rotatable bonds is 4. The molecular weight excluding hydrogens is 243 g/mol. The summed E-state index contributed by atoms with van der Waals surface area (Å²) in [5.41, 5.74) is 0.844. The zero-order chi connectivity index (χ0) is 13.8. The Morgan fingerprint density at radius 3 is 2.58 bits per heavy atom. The van der Waals surface area contributed by atoms with E-state index in [1.54, 1.807) is 6.07 Å². The zero-order valence-corrected chi connectivity index (χ0v) is 11.4. The molecular formula is C15H19FN2O. The summed E-state index contributed by atoms with van der Waals surface area (Å²) >= 11 is 0. The largest absolute Gasteiger partial charge is 0.494 e. The summed E-state index contributed by atoms with van der Waals surface area (Å²) in [6.07, 6.45) is 2.28. The Morgan fingerprint density at radius 2 is 2.05 bits per heavy atom. The van der Waals surface area contributed by atoms with Crippen LogP contribution in [-0.4, -0.2) is 31.1 Å². The third-order valence-corrected chi connectivity index (χ3v) is 3.84. The monoisotopic (exact) mass is 262 g/mol. The molecule has 2 unspecified atom stereocenters. The number of methoxy groups -OCH3 is 1. The van der Waals surface area contributed by atoms with Crippen molar-refractivity contribution >= 4 is 0 Å². The fourth-order valence-corrected chi connectivity index (χ4v) is 2.68. The first-order valence-electron chi connectivity index (χ1n) is 6.64. The Morgan fingerprint density at radius 1 is 1.37 bits per heavy atom. The molecule has 0 N–H and O–H groups in total. The van der Waals surface area contributed by atoms with Crippen molar-refractivity contribution in [2.24, 2.45) is 0 Å². The first-order valence-corrected chi connectivity index (χ1v) is 6.64. The molecule has 2 atom stereocenters. The van der Waals surface area contributed by atoms with Crippen molar-refractivity contribution in [2.75, 3.05) is 20.2 Å². The maximum atomic E-state index is 13.7. The number of nitriles is 1. The summed E-state index contributed by atoms with van der Waals surface area (Å²) in [6, 6.07) is 7.12. The van der Waals surface area contributed by atoms with Gasteiger partial charge in [0.05, 0.1) is 13.2 Å². The molecule has 1 aromatic rings. The van der Waals surface area contributed by atoms with Gasteiger partial charge in [-0.05, 0) is 43.6 Å². The molecule has 4 heteroatoms. The minimum atomic E-state index is -0.370. The summed E-state index contributed by atoms with van der Waals surface area (Å²) in [4.78, 5) is 2.19. The van der Waals surface area contributed by atoms with Crippen LogP contribution >= 0.6 is 0 Å². The molecule has 1 aromatic carbocycles. The SMILES string of the molecule is COc1ccc(C(C)C(C#N)N2CCCC2)cc1F. The molecule has 0 aliphatic carbocycles. The second-order valence-corrected chi connectivity index (χ2v) is 5.00. The van der Waals surface area contributed by atoms with Crippen molar-refractivity contribution in [2.45, 2.75) is 31.7 Å². The Labute approximate surface area is 113 Å². The van der Waals surface area contributed by atoms with Crippen LogP contribution in [0.2, 0.25) is 0 Å². The van der Waals surface area contributed by atoms with E-state index in [-0.39, 0.29) is 23.5 Å². The molecule has 19 heavy (non-hydrogen) atoms. The quantitative estimate of drug-likeness (QED) is 0.837. The van der Waals surface area contributed by atoms with Crippen molar-refractivity contribution in [3.63, 3.8) is 0 Å². The van der Waals surface area contributed by atoms with Crippen LogP contribution in [0.3, 0.4) is 0 Å². The lowest BCUT2D eigenvalue weighted by Gasteiger charge is -2.27. The predicted molar refractivity (Wildman–Crippen MR) is 71.6 cm³/mol. The van der Waals surface area contributed by atoms with E-state index in [9.17, 15) is 9.65 Å². The molecule has 1 aliphatic rings. The van der Waals surface area contributed by atoms with E-state index in [0.717, 1.165) is 31.5 Å². The van der Waals surface area contributed by atoms with Crippen LogP contribution in [0.15, 0.2) is 18.2 Å². The van der Waals surface area contributed by atoms with Crippen molar-refractivity contribution in [3.8, 4) is 11.8 Å². The van der Waals surface area contributed by atoms with Gasteiger partial charge >= 0.3 is 0 Å². The van der Waals surface area contributed by atoms with Gasteiger partial charge in [0.1, 0.15) is 6.04 Å². The molecule has 3 nitrogen and oxygen atoms in total. The van der Waals surface area contributed by atoms with Gasteiger partial charge in [-0.1, -0.05) is 13.0 Å². The van der Waals surface area contributed by atoms with Gasteiger partial charge in [0.25, 0.3) is 0 Å². The lowest BCUT2D eigenvalue weighted by molar-refractivity contribution is 0.263. The third kappa shape index (κ3) is 2.87. The summed E-state index contributed by atoms with van der Waals surface area (Å²) in [5.74, 6) is -0.140. The van der Waals surface area contributed by atoms with Gasteiger partial charge in [-0.3, -0.25) is 4.90 Å².